The Balaban J connectivity index is 1.19. The van der Waals surface area contributed by atoms with Crippen molar-refractivity contribution in [1.29, 1.82) is 0 Å². The maximum Gasteiger partial charge on any atom is 0.251 e. The van der Waals surface area contributed by atoms with Crippen LogP contribution >= 0.6 is 0 Å². The van der Waals surface area contributed by atoms with Gasteiger partial charge in [0.05, 0.1) is 19.0 Å². The number of aromatic nitrogens is 4. The van der Waals surface area contributed by atoms with Crippen molar-refractivity contribution in [2.75, 3.05) is 11.9 Å². The Hall–Kier alpha value is -4.90. The smallest absolute Gasteiger partial charge is 0.251 e. The zero-order valence-corrected chi connectivity index (χ0v) is 23.3. The van der Waals surface area contributed by atoms with Crippen LogP contribution in [-0.2, 0) is 4.74 Å². The maximum absolute atomic E-state index is 13.4. The summed E-state index contributed by atoms with van der Waals surface area (Å²) in [5, 5.41) is 31.6. The van der Waals surface area contributed by atoms with Gasteiger partial charge in [0.25, 0.3) is 5.91 Å². The van der Waals surface area contributed by atoms with Crippen LogP contribution in [0, 0.1) is 0 Å². The first-order valence-corrected chi connectivity index (χ1v) is 14.2. The number of carbonyl (C=O) groups is 1. The molecule has 0 radical (unpaired) electrons. The van der Waals surface area contributed by atoms with E-state index in [0.29, 0.717) is 22.5 Å². The molecule has 6 aromatic rings. The second kappa shape index (κ2) is 11.1. The Morgan fingerprint density at radius 3 is 2.56 bits per heavy atom. The van der Waals surface area contributed by atoms with Gasteiger partial charge >= 0.3 is 0 Å². The van der Waals surface area contributed by atoms with Gasteiger partial charge in [0.2, 0.25) is 0 Å². The molecule has 10 nitrogen and oxygen atoms in total. The number of aliphatic hydroxyl groups is 2. The first kappa shape index (κ1) is 27.0. The van der Waals surface area contributed by atoms with Crippen LogP contribution in [0.25, 0.3) is 32.7 Å². The van der Waals surface area contributed by atoms with Crippen molar-refractivity contribution in [1.82, 2.24) is 24.8 Å². The topological polar surface area (TPSA) is 134 Å². The minimum absolute atomic E-state index is 0.0911. The van der Waals surface area contributed by atoms with Gasteiger partial charge in [-0.1, -0.05) is 72.8 Å². The number of rotatable bonds is 7. The molecule has 10 heteroatoms. The fourth-order valence-corrected chi connectivity index (χ4v) is 5.91. The van der Waals surface area contributed by atoms with Crippen molar-refractivity contribution in [2.45, 2.75) is 37.4 Å². The number of imidazole rings is 1. The summed E-state index contributed by atoms with van der Waals surface area (Å²) in [7, 11) is 0. The highest BCUT2D eigenvalue weighted by Gasteiger charge is 2.46. The zero-order chi connectivity index (χ0) is 29.5. The van der Waals surface area contributed by atoms with Crippen LogP contribution in [0.4, 0.5) is 5.82 Å². The highest BCUT2D eigenvalue weighted by Crippen LogP contribution is 2.34. The van der Waals surface area contributed by atoms with E-state index in [2.05, 4.69) is 56.8 Å². The van der Waals surface area contributed by atoms with E-state index in [1.54, 1.807) is 23.0 Å². The summed E-state index contributed by atoms with van der Waals surface area (Å²) >= 11 is 0. The predicted molar refractivity (Wildman–Crippen MR) is 164 cm³/mol. The molecule has 0 aliphatic carbocycles. The largest absolute Gasteiger partial charge is 0.394 e. The quantitative estimate of drug-likeness (QED) is 0.221. The molecule has 1 saturated heterocycles. The van der Waals surface area contributed by atoms with Crippen LogP contribution in [0.5, 0.6) is 0 Å². The van der Waals surface area contributed by atoms with Gasteiger partial charge in [0.1, 0.15) is 24.6 Å². The molecule has 0 bridgehead atoms. The highest BCUT2D eigenvalue weighted by molar-refractivity contribution is 5.98. The Morgan fingerprint density at radius 2 is 1.72 bits per heavy atom. The van der Waals surface area contributed by atoms with E-state index >= 15 is 0 Å². The fourth-order valence-electron chi connectivity index (χ4n) is 5.91. The fraction of sp³-hybridized carbons (Fsp3) is 0.212. The third-order valence-corrected chi connectivity index (χ3v) is 8.14. The SMILES string of the molecule is C[C@@H](Nc1ncnc2c1ncn2[C@@H]1O[C@H](CO)[C@@H](O)[C@H]1NC(=O)c1ccc2ccccc2c1)c1cccc2ccccc12. The second-order valence-corrected chi connectivity index (χ2v) is 10.8. The number of hydrogen-bond donors (Lipinski definition) is 4. The number of anilines is 1. The van der Waals surface area contributed by atoms with Crippen molar-refractivity contribution in [3.8, 4) is 0 Å². The first-order valence-electron chi connectivity index (χ1n) is 14.2. The van der Waals surface area contributed by atoms with E-state index in [1.165, 1.54) is 6.33 Å². The molecule has 1 aliphatic rings. The Morgan fingerprint density at radius 1 is 0.953 bits per heavy atom. The van der Waals surface area contributed by atoms with Gasteiger partial charge in [-0.15, -0.1) is 0 Å². The molecule has 216 valence electrons. The standard InChI is InChI=1S/C33H30N6O4/c1-19(24-12-6-10-21-8-4-5-11-25(21)24)37-30-28-31(35-17-34-30)39(18-36-28)33-27(29(41)26(16-40)43-33)38-32(42)23-14-13-20-7-2-3-9-22(20)15-23/h2-15,17-19,26-27,29,33,40-41H,16H2,1H3,(H,38,42)(H,34,35,37)/t19-,26-,27-,29-,33-/m1/s1. The van der Waals surface area contributed by atoms with Crippen molar-refractivity contribution < 1.29 is 19.7 Å². The highest BCUT2D eigenvalue weighted by atomic mass is 16.5. The van der Waals surface area contributed by atoms with Gasteiger partial charge in [0.15, 0.2) is 23.2 Å². The second-order valence-electron chi connectivity index (χ2n) is 10.8. The molecule has 7 rings (SSSR count). The Bertz CT molecular complexity index is 1950. The lowest BCUT2D eigenvalue weighted by molar-refractivity contribution is -0.0440. The molecule has 1 fully saturated rings. The van der Waals surface area contributed by atoms with Crippen molar-refractivity contribution >= 4 is 44.4 Å². The van der Waals surface area contributed by atoms with E-state index in [9.17, 15) is 15.0 Å². The summed E-state index contributed by atoms with van der Waals surface area (Å²) in [5.41, 5.74) is 2.54. The molecule has 0 spiro atoms. The van der Waals surface area contributed by atoms with Crippen molar-refractivity contribution in [3.63, 3.8) is 0 Å². The molecular weight excluding hydrogens is 544 g/mol. The molecule has 5 atom stereocenters. The molecule has 4 aromatic carbocycles. The molecule has 1 amide bonds. The number of benzene rings is 4. The van der Waals surface area contributed by atoms with Crippen molar-refractivity contribution in [3.05, 3.63) is 109 Å². The van der Waals surface area contributed by atoms with Gasteiger partial charge in [-0.05, 0) is 46.2 Å². The molecular formula is C33H30N6O4. The van der Waals surface area contributed by atoms with Gasteiger partial charge in [-0.2, -0.15) is 0 Å². The van der Waals surface area contributed by atoms with Gasteiger partial charge in [-0.25, -0.2) is 15.0 Å². The number of amides is 1. The van der Waals surface area contributed by atoms with Crippen LogP contribution < -0.4 is 10.6 Å². The third-order valence-electron chi connectivity index (χ3n) is 8.14. The molecule has 4 N–H and O–H groups in total. The molecule has 3 heterocycles. The van der Waals surface area contributed by atoms with Crippen LogP contribution in [0.2, 0.25) is 0 Å². The average molecular weight is 575 g/mol. The number of carbonyl (C=O) groups excluding carboxylic acids is 1. The number of hydrogen-bond acceptors (Lipinski definition) is 8. The van der Waals surface area contributed by atoms with Crippen LogP contribution in [0.15, 0.2) is 97.6 Å². The summed E-state index contributed by atoms with van der Waals surface area (Å²) in [5.74, 6) is 0.172. The van der Waals surface area contributed by atoms with E-state index in [-0.39, 0.29) is 11.9 Å². The van der Waals surface area contributed by atoms with Gasteiger partial charge in [0, 0.05) is 5.56 Å². The lowest BCUT2D eigenvalue weighted by atomic mass is 10.00. The van der Waals surface area contributed by atoms with E-state index in [4.69, 9.17) is 4.74 Å². The summed E-state index contributed by atoms with van der Waals surface area (Å²) < 4.78 is 7.72. The van der Waals surface area contributed by atoms with E-state index < -0.39 is 31.1 Å². The van der Waals surface area contributed by atoms with Crippen molar-refractivity contribution in [2.24, 2.45) is 0 Å². The predicted octanol–water partition coefficient (Wildman–Crippen LogP) is 4.36. The molecule has 1 aliphatic heterocycles. The number of nitrogens with one attached hydrogen (secondary N) is 2. The number of aliphatic hydroxyl groups excluding tert-OH is 2. The monoisotopic (exact) mass is 574 g/mol. The normalized spacial score (nSPS) is 20.9. The third kappa shape index (κ3) is 4.85. The van der Waals surface area contributed by atoms with Crippen LogP contribution in [-0.4, -0.2) is 60.5 Å². The summed E-state index contributed by atoms with van der Waals surface area (Å²) in [6.45, 7) is 1.64. The molecule has 0 saturated carbocycles. The van der Waals surface area contributed by atoms with E-state index in [1.807, 2.05) is 48.5 Å². The number of nitrogens with zero attached hydrogens (tertiary/aromatic N) is 4. The molecule has 2 aromatic heterocycles. The summed E-state index contributed by atoms with van der Waals surface area (Å²) in [4.78, 5) is 26.9. The van der Waals surface area contributed by atoms with E-state index in [0.717, 1.165) is 27.1 Å². The number of ether oxygens (including phenoxy) is 1. The minimum Gasteiger partial charge on any atom is -0.394 e. The van der Waals surface area contributed by atoms with Gasteiger partial charge < -0.3 is 25.6 Å². The molecule has 0 unspecified atom stereocenters. The Labute approximate surface area is 247 Å². The minimum atomic E-state index is -1.16. The average Bonchev–Trinajstić information content (AvgIpc) is 3.61. The lowest BCUT2D eigenvalue weighted by Gasteiger charge is -2.23. The molecule has 43 heavy (non-hydrogen) atoms. The number of fused-ring (bicyclic) bond motifs is 3. The van der Waals surface area contributed by atoms with Crippen LogP contribution in [0.1, 0.15) is 35.1 Å². The summed E-state index contributed by atoms with van der Waals surface area (Å²) in [6, 6.07) is 26.7. The zero-order valence-electron chi connectivity index (χ0n) is 23.3. The van der Waals surface area contributed by atoms with Gasteiger partial charge in [-0.3, -0.25) is 9.36 Å². The van der Waals surface area contributed by atoms with Crippen LogP contribution in [0.3, 0.4) is 0 Å². The first-order chi connectivity index (χ1) is 21.0. The Kier molecular flexibility index (Phi) is 6.94. The maximum atomic E-state index is 13.4. The summed E-state index contributed by atoms with van der Waals surface area (Å²) in [6.07, 6.45) is 0.0491. The lowest BCUT2D eigenvalue weighted by Crippen LogP contribution is -2.46.